The third-order valence-electron chi connectivity index (χ3n) is 5.06. The maximum atomic E-state index is 13.1. The first-order valence-electron chi connectivity index (χ1n) is 9.52. The largest absolute Gasteiger partial charge is 0.493 e. The number of sulfonamides is 1. The van der Waals surface area contributed by atoms with Gasteiger partial charge in [0.05, 0.1) is 26.2 Å². The van der Waals surface area contributed by atoms with Crippen LogP contribution < -0.4 is 13.8 Å². The summed E-state index contributed by atoms with van der Waals surface area (Å²) in [5.41, 5.74) is 3.32. The number of benzene rings is 2. The first-order chi connectivity index (χ1) is 14.0. The molecule has 0 saturated carbocycles. The zero-order valence-electron chi connectivity index (χ0n) is 18.6. The number of aryl methyl sites for hydroxylation is 2. The Morgan fingerprint density at radius 3 is 2.17 bits per heavy atom. The number of amides is 1. The van der Waals surface area contributed by atoms with E-state index in [-0.39, 0.29) is 5.91 Å². The molecule has 0 aromatic heterocycles. The summed E-state index contributed by atoms with van der Waals surface area (Å²) in [6.07, 6.45) is 1.11. The van der Waals surface area contributed by atoms with Crippen LogP contribution in [0.25, 0.3) is 0 Å². The molecule has 0 aliphatic heterocycles. The van der Waals surface area contributed by atoms with Gasteiger partial charge in [0.2, 0.25) is 15.9 Å². The first kappa shape index (κ1) is 23.5. The van der Waals surface area contributed by atoms with E-state index in [0.29, 0.717) is 23.7 Å². The van der Waals surface area contributed by atoms with E-state index in [9.17, 15) is 13.2 Å². The van der Waals surface area contributed by atoms with Gasteiger partial charge in [-0.3, -0.25) is 9.10 Å². The number of carbonyl (C=O) groups is 1. The number of ether oxygens (including phenoxy) is 2. The Labute approximate surface area is 179 Å². The molecule has 2 aromatic carbocycles. The highest BCUT2D eigenvalue weighted by molar-refractivity contribution is 7.92. The van der Waals surface area contributed by atoms with Crippen molar-refractivity contribution in [2.24, 2.45) is 0 Å². The molecule has 0 radical (unpaired) electrons. The summed E-state index contributed by atoms with van der Waals surface area (Å²) in [6, 6.07) is 9.88. The van der Waals surface area contributed by atoms with Crippen molar-refractivity contribution in [2.45, 2.75) is 33.4 Å². The average molecular weight is 435 g/mol. The quantitative estimate of drug-likeness (QED) is 0.638. The molecule has 0 saturated heterocycles. The lowest BCUT2D eigenvalue weighted by molar-refractivity contribution is -0.131. The maximum Gasteiger partial charge on any atom is 0.246 e. The van der Waals surface area contributed by atoms with E-state index in [4.69, 9.17) is 9.47 Å². The average Bonchev–Trinajstić information content (AvgIpc) is 2.68. The van der Waals surface area contributed by atoms with Crippen LogP contribution in [-0.2, 0) is 21.4 Å². The van der Waals surface area contributed by atoms with Crippen LogP contribution in [-0.4, -0.2) is 52.8 Å². The lowest BCUT2D eigenvalue weighted by Gasteiger charge is -2.31. The minimum atomic E-state index is -3.67. The van der Waals surface area contributed by atoms with E-state index >= 15 is 0 Å². The van der Waals surface area contributed by atoms with Crippen molar-refractivity contribution in [3.8, 4) is 11.5 Å². The minimum absolute atomic E-state index is 0.300. The van der Waals surface area contributed by atoms with E-state index in [1.54, 1.807) is 52.5 Å². The number of nitrogens with zero attached hydrogens (tertiary/aromatic N) is 2. The summed E-state index contributed by atoms with van der Waals surface area (Å²) >= 11 is 0. The van der Waals surface area contributed by atoms with Crippen LogP contribution in [0.3, 0.4) is 0 Å². The molecule has 164 valence electrons. The van der Waals surface area contributed by atoms with E-state index in [1.165, 1.54) is 9.21 Å². The van der Waals surface area contributed by atoms with Crippen LogP contribution in [0.1, 0.15) is 23.6 Å². The van der Waals surface area contributed by atoms with Gasteiger partial charge in [-0.25, -0.2) is 8.42 Å². The van der Waals surface area contributed by atoms with Crippen LogP contribution in [0, 0.1) is 13.8 Å². The van der Waals surface area contributed by atoms with Gasteiger partial charge in [-0.2, -0.15) is 0 Å². The van der Waals surface area contributed by atoms with Crippen molar-refractivity contribution in [3.05, 3.63) is 53.1 Å². The molecule has 2 rings (SSSR count). The number of hydrogen-bond acceptors (Lipinski definition) is 5. The molecule has 0 spiro atoms. The summed E-state index contributed by atoms with van der Waals surface area (Å²) in [4.78, 5) is 14.6. The molecular weight excluding hydrogens is 404 g/mol. The molecular formula is C22H30N2O5S. The van der Waals surface area contributed by atoms with Crippen LogP contribution in [0.5, 0.6) is 11.5 Å². The third kappa shape index (κ3) is 5.24. The predicted molar refractivity (Wildman–Crippen MR) is 119 cm³/mol. The van der Waals surface area contributed by atoms with Crippen molar-refractivity contribution in [2.75, 3.05) is 31.8 Å². The van der Waals surface area contributed by atoms with Crippen LogP contribution in [0.15, 0.2) is 36.4 Å². The molecule has 0 fully saturated rings. The summed E-state index contributed by atoms with van der Waals surface area (Å²) in [7, 11) is 1.09. The summed E-state index contributed by atoms with van der Waals surface area (Å²) in [5.74, 6) is 0.854. The minimum Gasteiger partial charge on any atom is -0.493 e. The van der Waals surface area contributed by atoms with Gasteiger partial charge >= 0.3 is 0 Å². The molecule has 0 aliphatic rings. The zero-order valence-corrected chi connectivity index (χ0v) is 19.4. The Kier molecular flexibility index (Phi) is 7.36. The fraction of sp³-hybridized carbons (Fsp3) is 0.409. The van der Waals surface area contributed by atoms with Crippen molar-refractivity contribution in [1.29, 1.82) is 0 Å². The number of anilines is 1. The molecule has 1 amide bonds. The maximum absolute atomic E-state index is 13.1. The van der Waals surface area contributed by atoms with E-state index in [0.717, 1.165) is 22.9 Å². The fourth-order valence-electron chi connectivity index (χ4n) is 3.31. The van der Waals surface area contributed by atoms with Gasteiger partial charge in [-0.05, 0) is 61.7 Å². The van der Waals surface area contributed by atoms with Crippen molar-refractivity contribution in [1.82, 2.24) is 4.90 Å². The van der Waals surface area contributed by atoms with Gasteiger partial charge in [0.1, 0.15) is 6.04 Å². The Hall–Kier alpha value is -2.74. The molecule has 0 aliphatic carbocycles. The van der Waals surface area contributed by atoms with Crippen molar-refractivity contribution >= 4 is 21.6 Å². The predicted octanol–water partition coefficient (Wildman–Crippen LogP) is 3.13. The molecule has 30 heavy (non-hydrogen) atoms. The number of rotatable bonds is 8. The first-order valence-corrected chi connectivity index (χ1v) is 11.4. The molecule has 2 aromatic rings. The van der Waals surface area contributed by atoms with Crippen LogP contribution >= 0.6 is 0 Å². The Morgan fingerprint density at radius 1 is 1.00 bits per heavy atom. The fourth-order valence-corrected chi connectivity index (χ4v) is 4.48. The van der Waals surface area contributed by atoms with Gasteiger partial charge in [-0.1, -0.05) is 12.1 Å². The smallest absolute Gasteiger partial charge is 0.246 e. The highest BCUT2D eigenvalue weighted by Crippen LogP contribution is 2.28. The Balaban J connectivity index is 2.29. The topological polar surface area (TPSA) is 76.2 Å². The molecule has 0 unspecified atom stereocenters. The summed E-state index contributed by atoms with van der Waals surface area (Å²) in [6.45, 7) is 5.77. The zero-order chi connectivity index (χ0) is 22.6. The van der Waals surface area contributed by atoms with Gasteiger partial charge in [0, 0.05) is 13.6 Å². The third-order valence-corrected chi connectivity index (χ3v) is 6.30. The van der Waals surface area contributed by atoms with E-state index < -0.39 is 16.1 Å². The Morgan fingerprint density at radius 2 is 1.63 bits per heavy atom. The van der Waals surface area contributed by atoms with Crippen molar-refractivity contribution < 1.29 is 22.7 Å². The molecule has 0 heterocycles. The SMILES string of the molecule is COc1ccc(CN(C)C(=O)[C@H](C)N(c2ccc(C)c(C)c2)S(C)(=O)=O)cc1OC. The van der Waals surface area contributed by atoms with Crippen LogP contribution in [0.2, 0.25) is 0 Å². The van der Waals surface area contributed by atoms with E-state index in [1.807, 2.05) is 26.0 Å². The lowest BCUT2D eigenvalue weighted by Crippen LogP contribution is -2.48. The Bertz CT molecular complexity index is 1020. The van der Waals surface area contributed by atoms with Gasteiger partial charge < -0.3 is 14.4 Å². The highest BCUT2D eigenvalue weighted by atomic mass is 32.2. The number of hydrogen-bond donors (Lipinski definition) is 0. The van der Waals surface area contributed by atoms with Gasteiger partial charge in [-0.15, -0.1) is 0 Å². The lowest BCUT2D eigenvalue weighted by atomic mass is 10.1. The number of likely N-dealkylation sites (N-methyl/N-ethyl adjacent to an activating group) is 1. The normalized spacial score (nSPS) is 12.2. The van der Waals surface area contributed by atoms with E-state index in [2.05, 4.69) is 0 Å². The molecule has 8 heteroatoms. The van der Waals surface area contributed by atoms with Crippen LogP contribution in [0.4, 0.5) is 5.69 Å². The highest BCUT2D eigenvalue weighted by Gasteiger charge is 2.31. The number of carbonyl (C=O) groups excluding carboxylic acids is 1. The molecule has 0 bridgehead atoms. The molecule has 7 nitrogen and oxygen atoms in total. The number of methoxy groups -OCH3 is 2. The van der Waals surface area contributed by atoms with Gasteiger partial charge in [0.25, 0.3) is 0 Å². The van der Waals surface area contributed by atoms with Crippen molar-refractivity contribution in [3.63, 3.8) is 0 Å². The molecule has 0 N–H and O–H groups in total. The summed E-state index contributed by atoms with van der Waals surface area (Å²) in [5, 5.41) is 0. The monoisotopic (exact) mass is 434 g/mol. The molecule has 1 atom stereocenters. The van der Waals surface area contributed by atoms with Gasteiger partial charge in [0.15, 0.2) is 11.5 Å². The second-order valence-corrected chi connectivity index (χ2v) is 9.25. The second-order valence-electron chi connectivity index (χ2n) is 7.39. The standard InChI is InChI=1S/C22H30N2O5S/c1-15-8-10-19(12-16(15)2)24(30(7,26)27)17(3)22(25)23(4)14-18-9-11-20(28-5)21(13-18)29-6/h8-13,17H,14H2,1-7H3/t17-/m0/s1. The second kappa shape index (κ2) is 9.38. The summed E-state index contributed by atoms with van der Waals surface area (Å²) < 4.78 is 36.8.